The molecule has 2 aromatic rings. The minimum atomic E-state index is -1.26. The van der Waals surface area contributed by atoms with Crippen LogP contribution < -0.4 is 5.32 Å². The average molecular weight is 388 g/mol. The number of carboxylic acids is 2. The van der Waals surface area contributed by atoms with Crippen molar-refractivity contribution in [3.05, 3.63) is 47.7 Å². The predicted molar refractivity (Wildman–Crippen MR) is 107 cm³/mol. The molecule has 3 rings (SSSR count). The topological polar surface area (TPSA) is 101 Å². The van der Waals surface area contributed by atoms with Crippen molar-refractivity contribution in [1.29, 1.82) is 0 Å². The maximum atomic E-state index is 9.55. The van der Waals surface area contributed by atoms with E-state index in [9.17, 15) is 9.59 Å². The van der Waals surface area contributed by atoms with E-state index in [2.05, 4.69) is 48.1 Å². The van der Waals surface area contributed by atoms with Gasteiger partial charge in [0.2, 0.25) is 0 Å². The van der Waals surface area contributed by atoms with Crippen molar-refractivity contribution in [3.63, 3.8) is 0 Å². The number of rotatable bonds is 6. The van der Waals surface area contributed by atoms with Gasteiger partial charge in [-0.3, -0.25) is 0 Å². The van der Waals surface area contributed by atoms with Crippen LogP contribution in [0.4, 0.5) is 0 Å². The van der Waals surface area contributed by atoms with E-state index in [0.29, 0.717) is 12.2 Å². The van der Waals surface area contributed by atoms with Gasteiger partial charge in [0.25, 0.3) is 0 Å². The number of nitrogens with zero attached hydrogens (tertiary/aromatic N) is 1. The summed E-state index contributed by atoms with van der Waals surface area (Å²) in [5.74, 6) is -2.51. The van der Waals surface area contributed by atoms with Crippen LogP contribution in [0.1, 0.15) is 31.0 Å². The lowest BCUT2D eigenvalue weighted by molar-refractivity contribution is -0.134. The van der Waals surface area contributed by atoms with Gasteiger partial charge in [0, 0.05) is 30.1 Å². The van der Waals surface area contributed by atoms with Gasteiger partial charge in [-0.15, -0.1) is 0 Å². The Morgan fingerprint density at radius 1 is 1.25 bits per heavy atom. The van der Waals surface area contributed by atoms with Crippen molar-refractivity contribution in [2.24, 2.45) is 7.05 Å². The van der Waals surface area contributed by atoms with E-state index in [1.807, 2.05) is 7.05 Å². The lowest BCUT2D eigenvalue weighted by atomic mass is 9.89. The Bertz CT molecular complexity index is 855. The van der Waals surface area contributed by atoms with E-state index in [4.69, 9.17) is 14.9 Å². The van der Waals surface area contributed by atoms with Gasteiger partial charge in [-0.25, -0.2) is 9.59 Å². The number of benzene rings is 1. The van der Waals surface area contributed by atoms with Gasteiger partial charge in [0.1, 0.15) is 5.60 Å². The van der Waals surface area contributed by atoms with Gasteiger partial charge in [-0.1, -0.05) is 18.2 Å². The Hall–Kier alpha value is -2.64. The molecular weight excluding hydrogens is 360 g/mol. The monoisotopic (exact) mass is 388 g/mol. The van der Waals surface area contributed by atoms with Crippen LogP contribution in [0.3, 0.4) is 0 Å². The first-order chi connectivity index (χ1) is 13.3. The van der Waals surface area contributed by atoms with Crippen LogP contribution >= 0.6 is 0 Å². The summed E-state index contributed by atoms with van der Waals surface area (Å²) < 4.78 is 8.54. The Balaban J connectivity index is 0.000000300. The average Bonchev–Trinajstić information content (AvgIpc) is 2.95. The van der Waals surface area contributed by atoms with Crippen molar-refractivity contribution in [2.75, 3.05) is 20.2 Å². The van der Waals surface area contributed by atoms with Crippen molar-refractivity contribution in [1.82, 2.24) is 9.88 Å². The van der Waals surface area contributed by atoms with Gasteiger partial charge in [0.15, 0.2) is 0 Å². The molecule has 0 saturated heterocycles. The van der Waals surface area contributed by atoms with Crippen LogP contribution in [-0.2, 0) is 33.4 Å². The molecule has 1 atom stereocenters. The van der Waals surface area contributed by atoms with Crippen LogP contribution in [0.25, 0.3) is 10.9 Å². The van der Waals surface area contributed by atoms with Crippen molar-refractivity contribution < 1.29 is 24.5 Å². The number of fused-ring (bicyclic) bond motifs is 3. The molecule has 1 aromatic heterocycles. The maximum absolute atomic E-state index is 9.55. The summed E-state index contributed by atoms with van der Waals surface area (Å²) >= 11 is 0. The number of carbonyl (C=O) groups is 2. The molecule has 3 N–H and O–H groups in total. The van der Waals surface area contributed by atoms with Gasteiger partial charge in [-0.2, -0.15) is 0 Å². The van der Waals surface area contributed by atoms with E-state index >= 15 is 0 Å². The fourth-order valence-electron chi connectivity index (χ4n) is 3.78. The molecule has 7 heteroatoms. The minimum Gasteiger partial charge on any atom is -0.478 e. The molecule has 2 heterocycles. The molecule has 0 bridgehead atoms. The Labute approximate surface area is 164 Å². The third-order valence-electron chi connectivity index (χ3n) is 4.93. The highest BCUT2D eigenvalue weighted by molar-refractivity contribution is 5.89. The maximum Gasteiger partial charge on any atom is 0.328 e. The number of ether oxygens (including phenoxy) is 1. The van der Waals surface area contributed by atoms with Gasteiger partial charge in [0.05, 0.1) is 12.3 Å². The van der Waals surface area contributed by atoms with Gasteiger partial charge in [-0.05, 0) is 51.4 Å². The van der Waals surface area contributed by atoms with Gasteiger partial charge >= 0.3 is 11.9 Å². The lowest BCUT2D eigenvalue weighted by Crippen LogP contribution is -2.35. The van der Waals surface area contributed by atoms with E-state index in [1.54, 1.807) is 0 Å². The molecule has 1 aromatic carbocycles. The SMILES string of the molecule is CNCCCC1(C)OCCc2c1n(C)c1ccccc21.O=C(O)/C=C\C(=O)O. The zero-order chi connectivity index (χ0) is 20.7. The highest BCUT2D eigenvalue weighted by atomic mass is 16.5. The molecule has 0 amide bonds. The van der Waals surface area contributed by atoms with Crippen LogP contribution in [0.15, 0.2) is 36.4 Å². The number of para-hydroxylation sites is 1. The highest BCUT2D eigenvalue weighted by Crippen LogP contribution is 2.41. The molecule has 152 valence electrons. The second-order valence-electron chi connectivity index (χ2n) is 6.95. The van der Waals surface area contributed by atoms with E-state index < -0.39 is 11.9 Å². The second-order valence-corrected chi connectivity index (χ2v) is 6.95. The summed E-state index contributed by atoms with van der Waals surface area (Å²) in [6, 6.07) is 8.71. The molecule has 1 aliphatic heterocycles. The molecular formula is C21H28N2O5. The molecule has 0 aliphatic carbocycles. The Morgan fingerprint density at radius 3 is 2.50 bits per heavy atom. The normalized spacial score (nSPS) is 18.5. The quantitative estimate of drug-likeness (QED) is 0.520. The number of aliphatic carboxylic acids is 2. The molecule has 0 saturated carbocycles. The minimum absolute atomic E-state index is 0.155. The first-order valence-corrected chi connectivity index (χ1v) is 9.29. The Morgan fingerprint density at radius 2 is 1.89 bits per heavy atom. The van der Waals surface area contributed by atoms with E-state index in [-0.39, 0.29) is 5.60 Å². The molecule has 0 spiro atoms. The Kier molecular flexibility index (Phi) is 7.37. The van der Waals surface area contributed by atoms with E-state index in [0.717, 1.165) is 32.4 Å². The van der Waals surface area contributed by atoms with E-state index in [1.165, 1.54) is 22.2 Å². The third kappa shape index (κ3) is 4.99. The highest BCUT2D eigenvalue weighted by Gasteiger charge is 2.36. The summed E-state index contributed by atoms with van der Waals surface area (Å²) in [6.07, 6.45) is 4.34. The van der Waals surface area contributed by atoms with Crippen LogP contribution in [-0.4, -0.2) is 46.9 Å². The summed E-state index contributed by atoms with van der Waals surface area (Å²) in [7, 11) is 4.18. The molecule has 0 fully saturated rings. The lowest BCUT2D eigenvalue weighted by Gasteiger charge is -2.35. The zero-order valence-electron chi connectivity index (χ0n) is 16.6. The largest absolute Gasteiger partial charge is 0.478 e. The van der Waals surface area contributed by atoms with Crippen LogP contribution in [0.2, 0.25) is 0 Å². The van der Waals surface area contributed by atoms with Crippen molar-refractivity contribution in [2.45, 2.75) is 31.8 Å². The van der Waals surface area contributed by atoms with Crippen molar-refractivity contribution >= 4 is 22.8 Å². The fourth-order valence-corrected chi connectivity index (χ4v) is 3.78. The summed E-state index contributed by atoms with van der Waals surface area (Å²) in [6.45, 7) is 4.12. The van der Waals surface area contributed by atoms with Crippen molar-refractivity contribution in [3.8, 4) is 0 Å². The molecule has 0 radical (unpaired) electrons. The first kappa shape index (κ1) is 21.7. The number of hydrogen-bond donors (Lipinski definition) is 3. The summed E-state index contributed by atoms with van der Waals surface area (Å²) in [5.41, 5.74) is 4.03. The molecule has 1 unspecified atom stereocenters. The van der Waals surface area contributed by atoms with Crippen LogP contribution in [0.5, 0.6) is 0 Å². The number of aryl methyl sites for hydroxylation is 1. The number of carboxylic acid groups (broad SMARTS) is 2. The standard InChI is InChI=1S/C17H24N2O.C4H4O4/c1-17(10-6-11-18-2)16-14(9-12-20-17)13-7-4-5-8-15(13)19(16)3;5-3(6)1-2-4(7)8/h4-5,7-8,18H,6,9-12H2,1-3H3;1-2H,(H,5,6)(H,7,8)/b;2-1-. The summed E-state index contributed by atoms with van der Waals surface area (Å²) in [5, 5.41) is 20.2. The molecule has 1 aliphatic rings. The smallest absolute Gasteiger partial charge is 0.328 e. The summed E-state index contributed by atoms with van der Waals surface area (Å²) in [4.78, 5) is 19.1. The fraction of sp³-hybridized carbons (Fsp3) is 0.429. The molecule has 7 nitrogen and oxygen atoms in total. The third-order valence-corrected chi connectivity index (χ3v) is 4.93. The van der Waals surface area contributed by atoms with Gasteiger partial charge < -0.3 is 24.8 Å². The number of aromatic nitrogens is 1. The number of nitrogens with one attached hydrogen (secondary N) is 1. The first-order valence-electron chi connectivity index (χ1n) is 9.29. The second kappa shape index (κ2) is 9.52. The zero-order valence-corrected chi connectivity index (χ0v) is 16.6. The van der Waals surface area contributed by atoms with Crippen LogP contribution in [0, 0.1) is 0 Å². The molecule has 28 heavy (non-hydrogen) atoms. The predicted octanol–water partition coefficient (Wildman–Crippen LogP) is 2.68. The number of hydrogen-bond acceptors (Lipinski definition) is 4.